The Hall–Kier alpha value is -1.59. The molecule has 5 nitrogen and oxygen atoms in total. The van der Waals surface area contributed by atoms with Crippen LogP contribution >= 0.6 is 12.4 Å². The van der Waals surface area contributed by atoms with Crippen molar-refractivity contribution in [1.29, 1.82) is 0 Å². The van der Waals surface area contributed by atoms with Gasteiger partial charge in [-0.3, -0.25) is 9.59 Å². The molecule has 0 aliphatic carbocycles. The van der Waals surface area contributed by atoms with Gasteiger partial charge in [0.15, 0.2) is 0 Å². The highest BCUT2D eigenvalue weighted by atomic mass is 35.5. The first-order valence-electron chi connectivity index (χ1n) is 7.86. The second-order valence-electron chi connectivity index (χ2n) is 5.60. The van der Waals surface area contributed by atoms with Gasteiger partial charge in [0.05, 0.1) is 6.42 Å². The van der Waals surface area contributed by atoms with Gasteiger partial charge in [-0.1, -0.05) is 51.1 Å². The number of halogens is 1. The quantitative estimate of drug-likeness (QED) is 0.596. The van der Waals surface area contributed by atoms with Gasteiger partial charge < -0.3 is 16.0 Å². The Balaban J connectivity index is 0.00000484. The lowest BCUT2D eigenvalue weighted by Gasteiger charge is -2.21. The summed E-state index contributed by atoms with van der Waals surface area (Å²) in [6.45, 7) is 8.03. The van der Waals surface area contributed by atoms with Crippen molar-refractivity contribution in [3.63, 3.8) is 0 Å². The normalized spacial score (nSPS) is 11.5. The number of amides is 2. The van der Waals surface area contributed by atoms with Gasteiger partial charge in [-0.2, -0.15) is 0 Å². The minimum atomic E-state index is -0.502. The summed E-state index contributed by atoms with van der Waals surface area (Å²) >= 11 is 0. The second-order valence-corrected chi connectivity index (χ2v) is 5.60. The lowest BCUT2D eigenvalue weighted by Crippen LogP contribution is -2.51. The number of hydrogen-bond donors (Lipinski definition) is 3. The van der Waals surface area contributed by atoms with Gasteiger partial charge >= 0.3 is 0 Å². The minimum absolute atomic E-state index is 0. The van der Waals surface area contributed by atoms with E-state index in [-0.39, 0.29) is 36.6 Å². The van der Waals surface area contributed by atoms with Crippen LogP contribution in [0.4, 0.5) is 0 Å². The number of benzene rings is 1. The van der Waals surface area contributed by atoms with E-state index in [1.165, 1.54) is 0 Å². The number of likely N-dealkylation sites (N-methyl/N-ethyl adjacent to an activating group) is 1. The van der Waals surface area contributed by atoms with Crippen molar-refractivity contribution in [2.75, 3.05) is 19.6 Å². The number of carbonyl (C=O) groups excluding carboxylic acids is 2. The molecule has 0 saturated carbocycles. The van der Waals surface area contributed by atoms with Crippen molar-refractivity contribution < 1.29 is 9.59 Å². The molecule has 0 saturated heterocycles. The van der Waals surface area contributed by atoms with E-state index in [0.29, 0.717) is 6.54 Å². The maximum Gasteiger partial charge on any atom is 0.242 e. The first-order valence-corrected chi connectivity index (χ1v) is 7.86. The highest BCUT2D eigenvalue weighted by Gasteiger charge is 2.23. The van der Waals surface area contributed by atoms with Crippen LogP contribution in [0.25, 0.3) is 0 Å². The highest BCUT2D eigenvalue weighted by Crippen LogP contribution is 2.04. The maximum absolute atomic E-state index is 12.2. The summed E-state index contributed by atoms with van der Waals surface area (Å²) in [6, 6.07) is 9.01. The van der Waals surface area contributed by atoms with Crippen LogP contribution in [0, 0.1) is 5.92 Å². The van der Waals surface area contributed by atoms with E-state index in [1.54, 1.807) is 0 Å². The summed E-state index contributed by atoms with van der Waals surface area (Å²) in [6.07, 6.45) is 0.286. The number of carbonyl (C=O) groups is 2. The van der Waals surface area contributed by atoms with E-state index < -0.39 is 6.04 Å². The molecule has 0 radical (unpaired) electrons. The van der Waals surface area contributed by atoms with Crippen molar-refractivity contribution in [2.45, 2.75) is 33.2 Å². The molecule has 0 aromatic heterocycles. The zero-order chi connectivity index (χ0) is 16.4. The number of hydrogen-bond acceptors (Lipinski definition) is 3. The molecule has 130 valence electrons. The van der Waals surface area contributed by atoms with Gasteiger partial charge in [-0.05, 0) is 18.0 Å². The number of nitrogens with one attached hydrogen (secondary N) is 3. The molecular weight excluding hydrogens is 314 g/mol. The predicted molar refractivity (Wildman–Crippen MR) is 95.7 cm³/mol. The lowest BCUT2D eigenvalue weighted by molar-refractivity contribution is -0.129. The maximum atomic E-state index is 12.2. The molecule has 1 atom stereocenters. The van der Waals surface area contributed by atoms with Gasteiger partial charge in [0.25, 0.3) is 0 Å². The van der Waals surface area contributed by atoms with Gasteiger partial charge in [-0.15, -0.1) is 12.4 Å². The molecule has 2 amide bonds. The average molecular weight is 342 g/mol. The third-order valence-electron chi connectivity index (χ3n) is 3.32. The summed E-state index contributed by atoms with van der Waals surface area (Å²) in [5.41, 5.74) is 0.940. The molecule has 0 bridgehead atoms. The van der Waals surface area contributed by atoms with Crippen molar-refractivity contribution in [2.24, 2.45) is 5.92 Å². The van der Waals surface area contributed by atoms with Crippen molar-refractivity contribution >= 4 is 24.2 Å². The van der Waals surface area contributed by atoms with Crippen LogP contribution in [-0.2, 0) is 16.0 Å². The molecule has 0 heterocycles. The third kappa shape index (κ3) is 8.57. The standard InChI is InChI=1S/C17H27N3O2.ClH/c1-4-18-10-11-19-17(22)16(13(2)3)20-15(21)12-14-8-6-5-7-9-14;/h5-9,13,16,18H,4,10-12H2,1-3H3,(H,19,22)(H,20,21);1H. The van der Waals surface area contributed by atoms with E-state index in [1.807, 2.05) is 51.1 Å². The fourth-order valence-electron chi connectivity index (χ4n) is 2.10. The SMILES string of the molecule is CCNCCNC(=O)C(NC(=O)Cc1ccccc1)C(C)C.Cl. The molecule has 0 fully saturated rings. The zero-order valence-electron chi connectivity index (χ0n) is 14.1. The second kappa shape index (κ2) is 11.9. The van der Waals surface area contributed by atoms with Gasteiger partial charge in [-0.25, -0.2) is 0 Å². The molecule has 1 aromatic carbocycles. The molecule has 6 heteroatoms. The Morgan fingerprint density at radius 2 is 1.74 bits per heavy atom. The van der Waals surface area contributed by atoms with Crippen molar-refractivity contribution in [1.82, 2.24) is 16.0 Å². The van der Waals surface area contributed by atoms with Crippen LogP contribution in [0.2, 0.25) is 0 Å². The van der Waals surface area contributed by atoms with E-state index in [0.717, 1.165) is 18.7 Å². The summed E-state index contributed by atoms with van der Waals surface area (Å²) in [5, 5.41) is 8.83. The number of rotatable bonds is 9. The Morgan fingerprint density at radius 1 is 1.09 bits per heavy atom. The fraction of sp³-hybridized carbons (Fsp3) is 0.529. The molecule has 0 spiro atoms. The smallest absolute Gasteiger partial charge is 0.242 e. The Bertz CT molecular complexity index is 466. The molecule has 0 aliphatic heterocycles. The van der Waals surface area contributed by atoms with Gasteiger partial charge in [0.1, 0.15) is 6.04 Å². The molecular formula is C17H28ClN3O2. The Morgan fingerprint density at radius 3 is 2.30 bits per heavy atom. The topological polar surface area (TPSA) is 70.2 Å². The third-order valence-corrected chi connectivity index (χ3v) is 3.32. The summed E-state index contributed by atoms with van der Waals surface area (Å²) in [4.78, 5) is 24.3. The van der Waals surface area contributed by atoms with Crippen LogP contribution in [0.3, 0.4) is 0 Å². The molecule has 1 aromatic rings. The van der Waals surface area contributed by atoms with Crippen LogP contribution < -0.4 is 16.0 Å². The molecule has 1 rings (SSSR count). The van der Waals surface area contributed by atoms with Gasteiger partial charge in [0.2, 0.25) is 11.8 Å². The first kappa shape index (κ1) is 21.4. The molecule has 3 N–H and O–H groups in total. The molecule has 23 heavy (non-hydrogen) atoms. The largest absolute Gasteiger partial charge is 0.353 e. The zero-order valence-corrected chi connectivity index (χ0v) is 14.9. The fourth-order valence-corrected chi connectivity index (χ4v) is 2.10. The van der Waals surface area contributed by atoms with E-state index in [2.05, 4.69) is 16.0 Å². The molecule has 1 unspecified atom stereocenters. The molecule has 0 aliphatic rings. The van der Waals surface area contributed by atoms with Crippen LogP contribution in [0.1, 0.15) is 26.3 Å². The van der Waals surface area contributed by atoms with Crippen molar-refractivity contribution in [3.05, 3.63) is 35.9 Å². The average Bonchev–Trinajstić information content (AvgIpc) is 2.49. The van der Waals surface area contributed by atoms with Crippen LogP contribution in [0.5, 0.6) is 0 Å². The highest BCUT2D eigenvalue weighted by molar-refractivity contribution is 5.88. The lowest BCUT2D eigenvalue weighted by atomic mass is 10.0. The predicted octanol–water partition coefficient (Wildman–Crippen LogP) is 1.52. The summed E-state index contributed by atoms with van der Waals surface area (Å²) in [5.74, 6) is -0.222. The van der Waals surface area contributed by atoms with Crippen LogP contribution in [-0.4, -0.2) is 37.5 Å². The Labute approximate surface area is 145 Å². The van der Waals surface area contributed by atoms with Gasteiger partial charge in [0, 0.05) is 13.1 Å². The van der Waals surface area contributed by atoms with Crippen LogP contribution in [0.15, 0.2) is 30.3 Å². The minimum Gasteiger partial charge on any atom is -0.353 e. The summed E-state index contributed by atoms with van der Waals surface area (Å²) in [7, 11) is 0. The van der Waals surface area contributed by atoms with E-state index in [9.17, 15) is 9.59 Å². The van der Waals surface area contributed by atoms with E-state index in [4.69, 9.17) is 0 Å². The van der Waals surface area contributed by atoms with E-state index >= 15 is 0 Å². The van der Waals surface area contributed by atoms with Crippen molar-refractivity contribution in [3.8, 4) is 0 Å². The summed E-state index contributed by atoms with van der Waals surface area (Å²) < 4.78 is 0. The Kier molecular flexibility index (Phi) is 11.1. The monoisotopic (exact) mass is 341 g/mol. The first-order chi connectivity index (χ1) is 10.5.